The summed E-state index contributed by atoms with van der Waals surface area (Å²) in [5.74, 6) is 1.39. The Hall–Kier alpha value is -2.13. The van der Waals surface area contributed by atoms with E-state index in [4.69, 9.17) is 4.74 Å². The number of carbonyl (C=O) groups excluding carboxylic acids is 1. The molecule has 0 aliphatic carbocycles. The average Bonchev–Trinajstić information content (AvgIpc) is 3.18. The fraction of sp³-hybridized carbons (Fsp3) is 0.435. The molecule has 0 saturated carbocycles. The zero-order chi connectivity index (χ0) is 18.4. The Bertz CT molecular complexity index is 688. The van der Waals surface area contributed by atoms with Gasteiger partial charge in [-0.15, -0.1) is 0 Å². The van der Waals surface area contributed by atoms with Crippen LogP contribution >= 0.6 is 0 Å². The van der Waals surface area contributed by atoms with Crippen molar-refractivity contribution in [2.24, 2.45) is 5.92 Å². The van der Waals surface area contributed by atoms with Crippen molar-refractivity contribution in [2.45, 2.75) is 32.6 Å². The number of rotatable bonds is 8. The molecule has 1 heterocycles. The van der Waals surface area contributed by atoms with E-state index in [0.29, 0.717) is 12.5 Å². The number of benzene rings is 2. The average molecular weight is 351 g/mol. The quantitative estimate of drug-likeness (QED) is 0.641. The number of ketones is 1. The van der Waals surface area contributed by atoms with Crippen molar-refractivity contribution in [1.82, 2.24) is 4.90 Å². The van der Waals surface area contributed by atoms with Crippen LogP contribution < -0.4 is 4.74 Å². The minimum atomic E-state index is -0.114. The van der Waals surface area contributed by atoms with E-state index in [-0.39, 0.29) is 11.7 Å². The van der Waals surface area contributed by atoms with Crippen molar-refractivity contribution in [1.29, 1.82) is 0 Å². The van der Waals surface area contributed by atoms with E-state index in [1.807, 2.05) is 42.5 Å². The van der Waals surface area contributed by atoms with Gasteiger partial charge in [-0.05, 0) is 61.7 Å². The van der Waals surface area contributed by atoms with Gasteiger partial charge in [-0.25, -0.2) is 0 Å². The van der Waals surface area contributed by atoms with Gasteiger partial charge in [-0.3, -0.25) is 4.79 Å². The van der Waals surface area contributed by atoms with Crippen LogP contribution in [-0.4, -0.2) is 36.9 Å². The Labute approximate surface area is 157 Å². The number of nitrogens with zero attached hydrogens (tertiary/aromatic N) is 1. The van der Waals surface area contributed by atoms with Gasteiger partial charge < -0.3 is 9.64 Å². The normalized spacial score (nSPS) is 16.0. The monoisotopic (exact) mass is 351 g/mol. The molecule has 1 atom stereocenters. The highest BCUT2D eigenvalue weighted by molar-refractivity contribution is 6.01. The van der Waals surface area contributed by atoms with Crippen LogP contribution in [0.15, 0.2) is 54.6 Å². The molecule has 2 aromatic carbocycles. The van der Waals surface area contributed by atoms with Gasteiger partial charge in [-0.1, -0.05) is 44.2 Å². The molecule has 1 saturated heterocycles. The van der Waals surface area contributed by atoms with Crippen LogP contribution in [-0.2, 0) is 0 Å². The summed E-state index contributed by atoms with van der Waals surface area (Å²) in [6.45, 7) is 7.93. The largest absolute Gasteiger partial charge is 0.493 e. The van der Waals surface area contributed by atoms with Gasteiger partial charge in [0.15, 0.2) is 5.78 Å². The van der Waals surface area contributed by atoms with E-state index >= 15 is 0 Å². The molecule has 1 aliphatic heterocycles. The molecule has 2 aromatic rings. The summed E-state index contributed by atoms with van der Waals surface area (Å²) in [4.78, 5) is 15.7. The summed E-state index contributed by atoms with van der Waals surface area (Å²) in [7, 11) is 0. The van der Waals surface area contributed by atoms with E-state index in [1.54, 1.807) is 0 Å². The highest BCUT2D eigenvalue weighted by Gasteiger charge is 2.26. The van der Waals surface area contributed by atoms with Gasteiger partial charge in [0, 0.05) is 12.1 Å². The lowest BCUT2D eigenvalue weighted by Crippen LogP contribution is -2.30. The van der Waals surface area contributed by atoms with Gasteiger partial charge in [0.2, 0.25) is 0 Å². The van der Waals surface area contributed by atoms with Crippen molar-refractivity contribution >= 4 is 5.78 Å². The van der Waals surface area contributed by atoms with Gasteiger partial charge in [0.05, 0.1) is 12.5 Å². The van der Waals surface area contributed by atoms with Crippen LogP contribution in [0.3, 0.4) is 0 Å². The summed E-state index contributed by atoms with van der Waals surface area (Å²) in [5, 5.41) is 0. The first-order chi connectivity index (χ1) is 12.6. The number of likely N-dealkylation sites (tertiary alicyclic amines) is 1. The molecule has 138 valence electrons. The molecule has 0 unspecified atom stereocenters. The molecule has 0 radical (unpaired) electrons. The molecule has 1 aliphatic rings. The van der Waals surface area contributed by atoms with Crippen molar-refractivity contribution in [3.8, 4) is 5.75 Å². The molecule has 3 rings (SSSR count). The lowest BCUT2D eigenvalue weighted by molar-refractivity contribution is 0.0939. The van der Waals surface area contributed by atoms with Gasteiger partial charge in [0.25, 0.3) is 0 Å². The van der Waals surface area contributed by atoms with E-state index in [9.17, 15) is 4.79 Å². The predicted molar refractivity (Wildman–Crippen MR) is 106 cm³/mol. The smallest absolute Gasteiger partial charge is 0.171 e. The van der Waals surface area contributed by atoms with E-state index in [0.717, 1.165) is 36.5 Å². The number of carbonyl (C=O) groups is 1. The summed E-state index contributed by atoms with van der Waals surface area (Å²) < 4.78 is 5.74. The molecule has 0 spiro atoms. The Morgan fingerprint density at radius 2 is 1.65 bits per heavy atom. The molecule has 1 fully saturated rings. The Kier molecular flexibility index (Phi) is 6.45. The van der Waals surface area contributed by atoms with Gasteiger partial charge in [-0.2, -0.15) is 0 Å². The first-order valence-electron chi connectivity index (χ1n) is 9.68. The first-order valence-corrected chi connectivity index (χ1v) is 9.68. The second-order valence-corrected chi connectivity index (χ2v) is 7.56. The zero-order valence-corrected chi connectivity index (χ0v) is 15.9. The zero-order valence-electron chi connectivity index (χ0n) is 15.9. The van der Waals surface area contributed by atoms with Crippen LogP contribution in [0.2, 0.25) is 0 Å². The number of hydrogen-bond donors (Lipinski definition) is 0. The minimum Gasteiger partial charge on any atom is -0.493 e. The lowest BCUT2D eigenvalue weighted by Gasteiger charge is -2.23. The molecule has 0 aromatic heterocycles. The fourth-order valence-corrected chi connectivity index (χ4v) is 3.43. The molecule has 0 bridgehead atoms. The second kappa shape index (κ2) is 9.00. The summed E-state index contributed by atoms with van der Waals surface area (Å²) in [6.07, 6.45) is 2.47. The van der Waals surface area contributed by atoms with Crippen LogP contribution in [0.4, 0.5) is 0 Å². The third kappa shape index (κ3) is 4.95. The molecule has 0 N–H and O–H groups in total. The van der Waals surface area contributed by atoms with Crippen LogP contribution in [0.5, 0.6) is 5.75 Å². The van der Waals surface area contributed by atoms with Crippen LogP contribution in [0.25, 0.3) is 0 Å². The maximum Gasteiger partial charge on any atom is 0.171 e. The number of ether oxygens (including phenoxy) is 1. The van der Waals surface area contributed by atoms with Crippen molar-refractivity contribution in [2.75, 3.05) is 26.2 Å². The van der Waals surface area contributed by atoms with Gasteiger partial charge in [0.1, 0.15) is 5.75 Å². The Morgan fingerprint density at radius 1 is 1.00 bits per heavy atom. The molecule has 0 amide bonds. The third-order valence-electron chi connectivity index (χ3n) is 4.88. The maximum absolute atomic E-state index is 13.2. The second-order valence-electron chi connectivity index (χ2n) is 7.56. The highest BCUT2D eigenvalue weighted by atomic mass is 16.5. The van der Waals surface area contributed by atoms with E-state index in [2.05, 4.69) is 30.9 Å². The molecule has 3 nitrogen and oxygen atoms in total. The lowest BCUT2D eigenvalue weighted by atomic mass is 9.90. The SMILES string of the molecule is CC(C)COc1ccc(C(=O)[C@@H](CN2CCCC2)c2ccccc2)cc1. The van der Waals surface area contributed by atoms with Crippen LogP contribution in [0, 0.1) is 5.92 Å². The predicted octanol–water partition coefficient (Wildman–Crippen LogP) is 4.78. The van der Waals surface area contributed by atoms with E-state index < -0.39 is 0 Å². The molecular weight excluding hydrogens is 322 g/mol. The topological polar surface area (TPSA) is 29.5 Å². The van der Waals surface area contributed by atoms with Crippen molar-refractivity contribution in [3.05, 3.63) is 65.7 Å². The third-order valence-corrected chi connectivity index (χ3v) is 4.88. The molecule has 3 heteroatoms. The Morgan fingerprint density at radius 3 is 2.27 bits per heavy atom. The standard InChI is InChI=1S/C23H29NO2/c1-18(2)17-26-21-12-10-20(11-13-21)23(25)22(16-24-14-6-7-15-24)19-8-4-3-5-9-19/h3-5,8-13,18,22H,6-7,14-17H2,1-2H3/t22-/m0/s1. The Balaban J connectivity index is 1.76. The first kappa shape index (κ1) is 18.7. The number of hydrogen-bond acceptors (Lipinski definition) is 3. The summed E-state index contributed by atoms with van der Waals surface area (Å²) in [5.41, 5.74) is 1.86. The molecular formula is C23H29NO2. The van der Waals surface area contributed by atoms with Crippen molar-refractivity contribution < 1.29 is 9.53 Å². The molecule has 26 heavy (non-hydrogen) atoms. The highest BCUT2D eigenvalue weighted by Crippen LogP contribution is 2.25. The minimum absolute atomic E-state index is 0.114. The van der Waals surface area contributed by atoms with E-state index in [1.165, 1.54) is 12.8 Å². The summed E-state index contributed by atoms with van der Waals surface area (Å²) >= 11 is 0. The maximum atomic E-state index is 13.2. The van der Waals surface area contributed by atoms with Gasteiger partial charge >= 0.3 is 0 Å². The van der Waals surface area contributed by atoms with Crippen molar-refractivity contribution in [3.63, 3.8) is 0 Å². The summed E-state index contributed by atoms with van der Waals surface area (Å²) in [6, 6.07) is 17.8. The van der Waals surface area contributed by atoms with Crippen LogP contribution in [0.1, 0.15) is 48.5 Å². The number of Topliss-reactive ketones (excluding diaryl/α,β-unsaturated/α-hetero) is 1. The fourth-order valence-electron chi connectivity index (χ4n) is 3.43.